The molecular weight excluding hydrogens is 487 g/mol. The number of rotatable bonds is 4. The molecule has 3 heterocycles. The van der Waals surface area contributed by atoms with Gasteiger partial charge < -0.3 is 19.9 Å². The third-order valence-electron chi connectivity index (χ3n) is 6.17. The molecule has 0 saturated carbocycles. The number of nitrogens with zero attached hydrogens (tertiary/aromatic N) is 3. The van der Waals surface area contributed by atoms with Gasteiger partial charge in [0.05, 0.1) is 28.5 Å². The van der Waals surface area contributed by atoms with Crippen LogP contribution in [0.2, 0.25) is 10.0 Å². The predicted octanol–water partition coefficient (Wildman–Crippen LogP) is 6.68. The molecule has 5 nitrogen and oxygen atoms in total. The highest BCUT2D eigenvalue weighted by Crippen LogP contribution is 2.44. The van der Waals surface area contributed by atoms with Crippen LogP contribution in [0, 0.1) is 13.8 Å². The van der Waals surface area contributed by atoms with E-state index in [1.54, 1.807) is 24.4 Å². The summed E-state index contributed by atoms with van der Waals surface area (Å²) < 4.78 is 2.14. The molecule has 2 atom stereocenters. The van der Waals surface area contributed by atoms with Gasteiger partial charge in [0, 0.05) is 28.3 Å². The second kappa shape index (κ2) is 8.95. The summed E-state index contributed by atoms with van der Waals surface area (Å²) in [6, 6.07) is 20.3. The highest BCUT2D eigenvalue weighted by atomic mass is 35.5. The van der Waals surface area contributed by atoms with Crippen molar-refractivity contribution >= 4 is 46.2 Å². The monoisotopic (exact) mass is 508 g/mol. The fourth-order valence-electron chi connectivity index (χ4n) is 4.68. The highest BCUT2D eigenvalue weighted by molar-refractivity contribution is 7.80. The van der Waals surface area contributed by atoms with Crippen LogP contribution in [0.3, 0.4) is 0 Å². The topological polar surface area (TPSA) is 53.3 Å². The zero-order valence-corrected chi connectivity index (χ0v) is 20.9. The number of hydrogen-bond acceptors (Lipinski definition) is 3. The number of aromatic nitrogens is 2. The number of aromatic hydroxyl groups is 1. The number of halogens is 2. The van der Waals surface area contributed by atoms with E-state index >= 15 is 0 Å². The summed E-state index contributed by atoms with van der Waals surface area (Å²) in [7, 11) is 0. The molecule has 34 heavy (non-hydrogen) atoms. The molecule has 5 rings (SSSR count). The lowest BCUT2D eigenvalue weighted by Crippen LogP contribution is -2.29. The average molecular weight is 509 g/mol. The third kappa shape index (κ3) is 3.92. The molecule has 1 saturated heterocycles. The summed E-state index contributed by atoms with van der Waals surface area (Å²) in [5.41, 5.74) is 5.83. The van der Waals surface area contributed by atoms with E-state index in [0.717, 1.165) is 34.0 Å². The third-order valence-corrected chi connectivity index (χ3v) is 7.02. The van der Waals surface area contributed by atoms with E-state index in [-0.39, 0.29) is 17.8 Å². The molecular formula is C26H22Cl2N4OS. The molecule has 0 aliphatic carbocycles. The van der Waals surface area contributed by atoms with Gasteiger partial charge in [0.25, 0.3) is 0 Å². The molecule has 0 amide bonds. The maximum Gasteiger partial charge on any atom is 0.174 e. The van der Waals surface area contributed by atoms with Crippen LogP contribution in [0.15, 0.2) is 72.9 Å². The minimum Gasteiger partial charge on any atom is -0.508 e. The van der Waals surface area contributed by atoms with Gasteiger partial charge in [-0.05, 0) is 92.3 Å². The molecule has 0 radical (unpaired) electrons. The Kier molecular flexibility index (Phi) is 5.98. The Labute approximate surface area is 213 Å². The van der Waals surface area contributed by atoms with E-state index in [2.05, 4.69) is 39.7 Å². The van der Waals surface area contributed by atoms with Crippen LogP contribution in [0.1, 0.15) is 34.7 Å². The first-order chi connectivity index (χ1) is 16.3. The van der Waals surface area contributed by atoms with Crippen LogP contribution in [0.25, 0.3) is 5.69 Å². The second-order valence-electron chi connectivity index (χ2n) is 8.27. The Morgan fingerprint density at radius 2 is 1.76 bits per heavy atom. The number of anilines is 1. The number of thiocarbonyl (C=S) groups is 1. The van der Waals surface area contributed by atoms with Gasteiger partial charge in [-0.1, -0.05) is 29.3 Å². The van der Waals surface area contributed by atoms with Crippen molar-refractivity contribution in [2.45, 2.75) is 25.9 Å². The average Bonchev–Trinajstić information content (AvgIpc) is 3.31. The zero-order chi connectivity index (χ0) is 24.0. The quantitative estimate of drug-likeness (QED) is 0.301. The van der Waals surface area contributed by atoms with Gasteiger partial charge in [0.15, 0.2) is 5.11 Å². The zero-order valence-electron chi connectivity index (χ0n) is 18.5. The van der Waals surface area contributed by atoms with Gasteiger partial charge in [0.2, 0.25) is 0 Å². The molecule has 1 aliphatic heterocycles. The van der Waals surface area contributed by atoms with Gasteiger partial charge in [-0.15, -0.1) is 0 Å². The van der Waals surface area contributed by atoms with Crippen LogP contribution < -0.4 is 10.2 Å². The van der Waals surface area contributed by atoms with E-state index in [1.165, 1.54) is 0 Å². The van der Waals surface area contributed by atoms with Crippen molar-refractivity contribution in [3.05, 3.63) is 106 Å². The van der Waals surface area contributed by atoms with Gasteiger partial charge in [-0.2, -0.15) is 0 Å². The van der Waals surface area contributed by atoms with Crippen molar-refractivity contribution in [3.8, 4) is 11.4 Å². The first-order valence-corrected chi connectivity index (χ1v) is 12.0. The fourth-order valence-corrected chi connectivity index (χ4v) is 5.52. The molecule has 1 aliphatic rings. The Hall–Kier alpha value is -3.06. The molecule has 1 fully saturated rings. The first kappa shape index (κ1) is 22.7. The normalized spacial score (nSPS) is 17.8. The Morgan fingerprint density at radius 3 is 2.44 bits per heavy atom. The van der Waals surface area contributed by atoms with E-state index in [1.807, 2.05) is 42.5 Å². The van der Waals surface area contributed by atoms with Gasteiger partial charge in [-0.3, -0.25) is 4.98 Å². The van der Waals surface area contributed by atoms with Crippen molar-refractivity contribution in [3.63, 3.8) is 0 Å². The number of pyridine rings is 1. The van der Waals surface area contributed by atoms with E-state index in [4.69, 9.17) is 35.4 Å². The van der Waals surface area contributed by atoms with Crippen LogP contribution >= 0.6 is 35.4 Å². The maximum atomic E-state index is 9.83. The lowest BCUT2D eigenvalue weighted by Gasteiger charge is -2.28. The number of nitrogens with one attached hydrogen (secondary N) is 1. The van der Waals surface area contributed by atoms with Gasteiger partial charge in [-0.25, -0.2) is 0 Å². The number of phenolic OH excluding ortho intramolecular Hbond substituents is 1. The van der Waals surface area contributed by atoms with Crippen LogP contribution in [0.4, 0.5) is 5.69 Å². The van der Waals surface area contributed by atoms with Crippen molar-refractivity contribution in [2.24, 2.45) is 0 Å². The van der Waals surface area contributed by atoms with Gasteiger partial charge >= 0.3 is 0 Å². The van der Waals surface area contributed by atoms with Crippen LogP contribution in [-0.4, -0.2) is 19.8 Å². The summed E-state index contributed by atoms with van der Waals surface area (Å²) in [5, 5.41) is 15.1. The number of benzene rings is 2. The van der Waals surface area contributed by atoms with Crippen molar-refractivity contribution in [2.75, 3.05) is 4.90 Å². The Morgan fingerprint density at radius 1 is 1.00 bits per heavy atom. The smallest absolute Gasteiger partial charge is 0.174 e. The van der Waals surface area contributed by atoms with E-state index in [9.17, 15) is 5.11 Å². The lowest BCUT2D eigenvalue weighted by molar-refractivity contribution is 0.475. The predicted molar refractivity (Wildman–Crippen MR) is 141 cm³/mol. The maximum absolute atomic E-state index is 9.83. The molecule has 2 aromatic heterocycles. The Bertz CT molecular complexity index is 1370. The van der Waals surface area contributed by atoms with Crippen LogP contribution in [0.5, 0.6) is 5.75 Å². The van der Waals surface area contributed by atoms with Gasteiger partial charge in [0.1, 0.15) is 5.75 Å². The summed E-state index contributed by atoms with van der Waals surface area (Å²) >= 11 is 18.5. The summed E-state index contributed by atoms with van der Waals surface area (Å²) in [5.74, 6) is 0.204. The molecule has 4 aromatic rings. The lowest BCUT2D eigenvalue weighted by atomic mass is 9.96. The summed E-state index contributed by atoms with van der Waals surface area (Å²) in [4.78, 5) is 6.71. The van der Waals surface area contributed by atoms with Crippen LogP contribution in [-0.2, 0) is 0 Å². The number of hydrogen-bond donors (Lipinski definition) is 2. The minimum atomic E-state index is -0.169. The summed E-state index contributed by atoms with van der Waals surface area (Å²) in [6.07, 6.45) is 1.79. The molecule has 0 bridgehead atoms. The number of aryl methyl sites for hydroxylation is 1. The largest absolute Gasteiger partial charge is 0.508 e. The second-order valence-corrected chi connectivity index (χ2v) is 9.50. The Balaban J connectivity index is 1.69. The molecule has 2 aromatic carbocycles. The molecule has 0 spiro atoms. The fraction of sp³-hybridized carbons (Fsp3) is 0.154. The molecule has 8 heteroatoms. The number of phenols is 1. The van der Waals surface area contributed by atoms with E-state index < -0.39 is 0 Å². The summed E-state index contributed by atoms with van der Waals surface area (Å²) in [6.45, 7) is 4.14. The molecule has 172 valence electrons. The SMILES string of the molecule is Cc1cc([C@H]2[C@@H](c3ccccn3)NC(=S)N2c2ccc(O)cc2)c(C)n1-c1ccc(Cl)cc1Cl. The van der Waals surface area contributed by atoms with Crippen molar-refractivity contribution in [1.29, 1.82) is 0 Å². The highest BCUT2D eigenvalue weighted by Gasteiger charge is 2.42. The first-order valence-electron chi connectivity index (χ1n) is 10.8. The van der Waals surface area contributed by atoms with Crippen molar-refractivity contribution < 1.29 is 5.11 Å². The minimum absolute atomic E-state index is 0.169. The van der Waals surface area contributed by atoms with E-state index in [0.29, 0.717) is 15.2 Å². The van der Waals surface area contributed by atoms with Crippen molar-refractivity contribution in [1.82, 2.24) is 14.9 Å². The molecule has 2 N–H and O–H groups in total. The standard InChI is InChI=1S/C26H22Cl2N4OS/c1-15-13-20(16(2)31(15)23-11-6-17(27)14-21(23)28)25-24(22-5-3-4-12-29-22)30-26(34)32(25)18-7-9-19(33)10-8-18/h3-14,24-25,33H,1-2H3,(H,30,34)/t24-,25+/m1/s1. The molecule has 0 unspecified atom stereocenters.